The average molecular weight is 392 g/mol. The number of nitrogens with zero attached hydrogens (tertiary/aromatic N) is 2. The third kappa shape index (κ3) is 4.83. The molecule has 0 spiro atoms. The number of benzene rings is 3. The van der Waals surface area contributed by atoms with E-state index in [4.69, 9.17) is 0 Å². The lowest BCUT2D eigenvalue weighted by Crippen LogP contribution is -1.99. The molecule has 0 bridgehead atoms. The smallest absolute Gasteiger partial charge is 0.337 e. The highest BCUT2D eigenvalue weighted by molar-refractivity contribution is 7.99. The minimum Gasteiger partial charge on any atom is -0.465 e. The molecule has 3 rings (SSSR count). The van der Waals surface area contributed by atoms with E-state index in [9.17, 15) is 14.9 Å². The molecule has 0 N–H and O–H groups in total. The quantitative estimate of drug-likeness (QED) is 0.247. The summed E-state index contributed by atoms with van der Waals surface area (Å²) in [4.78, 5) is 28.3. The number of rotatable bonds is 6. The first-order valence-electron chi connectivity index (χ1n) is 8.30. The Labute approximate surface area is 166 Å². The monoisotopic (exact) mass is 392 g/mol. The Morgan fingerprint density at radius 1 is 1.07 bits per heavy atom. The van der Waals surface area contributed by atoms with Crippen LogP contribution in [0.2, 0.25) is 0 Å². The normalized spacial score (nSPS) is 10.8. The molecule has 3 aromatic carbocycles. The van der Waals surface area contributed by atoms with Crippen LogP contribution in [0.1, 0.15) is 15.9 Å². The first-order chi connectivity index (χ1) is 13.6. The van der Waals surface area contributed by atoms with Gasteiger partial charge in [0.2, 0.25) is 0 Å². The molecule has 0 amide bonds. The van der Waals surface area contributed by atoms with Crippen molar-refractivity contribution in [1.82, 2.24) is 0 Å². The molecule has 0 radical (unpaired) electrons. The first kappa shape index (κ1) is 19.3. The number of carbonyl (C=O) groups excluding carboxylic acids is 1. The Hall–Kier alpha value is -3.45. The molecule has 3 aromatic rings. The SMILES string of the molecule is COC(=O)c1ccc(N=Cc2ccc(Sc3ccccc3)c([N+](=O)[O-])c2)cc1. The van der Waals surface area contributed by atoms with Gasteiger partial charge in [0.1, 0.15) is 0 Å². The predicted molar refractivity (Wildman–Crippen MR) is 109 cm³/mol. The van der Waals surface area contributed by atoms with E-state index in [-0.39, 0.29) is 5.69 Å². The molecule has 0 heterocycles. The van der Waals surface area contributed by atoms with Crippen molar-refractivity contribution in [2.45, 2.75) is 9.79 Å². The zero-order chi connectivity index (χ0) is 19.9. The van der Waals surface area contributed by atoms with Crippen LogP contribution in [0.25, 0.3) is 0 Å². The van der Waals surface area contributed by atoms with Crippen LogP contribution in [-0.4, -0.2) is 24.2 Å². The maximum Gasteiger partial charge on any atom is 0.337 e. The fourth-order valence-corrected chi connectivity index (χ4v) is 3.33. The summed E-state index contributed by atoms with van der Waals surface area (Å²) >= 11 is 1.34. The van der Waals surface area contributed by atoms with E-state index in [1.807, 2.05) is 30.3 Å². The Morgan fingerprint density at radius 3 is 2.43 bits per heavy atom. The summed E-state index contributed by atoms with van der Waals surface area (Å²) in [5.74, 6) is -0.419. The van der Waals surface area contributed by atoms with Crippen LogP contribution in [-0.2, 0) is 4.74 Å². The van der Waals surface area contributed by atoms with Gasteiger partial charge < -0.3 is 4.74 Å². The molecule has 140 valence electrons. The van der Waals surface area contributed by atoms with Gasteiger partial charge in [0.05, 0.1) is 28.2 Å². The summed E-state index contributed by atoms with van der Waals surface area (Å²) in [5, 5.41) is 11.5. The highest BCUT2D eigenvalue weighted by atomic mass is 32.2. The second-order valence-corrected chi connectivity index (χ2v) is 6.81. The van der Waals surface area contributed by atoms with Crippen molar-refractivity contribution in [3.63, 3.8) is 0 Å². The first-order valence-corrected chi connectivity index (χ1v) is 9.12. The number of esters is 1. The number of nitro groups is 1. The number of nitro benzene ring substituents is 1. The van der Waals surface area contributed by atoms with E-state index < -0.39 is 10.9 Å². The molecule has 0 aromatic heterocycles. The van der Waals surface area contributed by atoms with E-state index in [1.54, 1.807) is 42.6 Å². The topological polar surface area (TPSA) is 81.8 Å². The zero-order valence-electron chi connectivity index (χ0n) is 14.9. The molecule has 0 saturated heterocycles. The van der Waals surface area contributed by atoms with Gasteiger partial charge in [-0.15, -0.1) is 0 Å². The summed E-state index contributed by atoms with van der Waals surface area (Å²) in [5.41, 5.74) is 1.69. The molecule has 28 heavy (non-hydrogen) atoms. The Morgan fingerprint density at radius 2 is 1.79 bits per heavy atom. The predicted octanol–water partition coefficient (Wildman–Crippen LogP) is 5.28. The van der Waals surface area contributed by atoms with Crippen LogP contribution in [0.4, 0.5) is 11.4 Å². The molecule has 0 aliphatic carbocycles. The largest absolute Gasteiger partial charge is 0.465 e. The lowest BCUT2D eigenvalue weighted by Gasteiger charge is -2.04. The molecule has 0 saturated carbocycles. The van der Waals surface area contributed by atoms with Gasteiger partial charge in [-0.25, -0.2) is 4.79 Å². The number of ether oxygens (including phenoxy) is 1. The van der Waals surface area contributed by atoms with Gasteiger partial charge in [-0.2, -0.15) is 0 Å². The summed E-state index contributed by atoms with van der Waals surface area (Å²) in [7, 11) is 1.32. The maximum atomic E-state index is 11.5. The second kappa shape index (κ2) is 8.96. The maximum absolute atomic E-state index is 11.5. The minimum atomic E-state index is -0.419. The van der Waals surface area contributed by atoms with Crippen molar-refractivity contribution in [1.29, 1.82) is 0 Å². The summed E-state index contributed by atoms with van der Waals surface area (Å²) < 4.78 is 4.65. The van der Waals surface area contributed by atoms with Crippen LogP contribution >= 0.6 is 11.8 Å². The third-order valence-electron chi connectivity index (χ3n) is 3.80. The number of hydrogen-bond acceptors (Lipinski definition) is 6. The van der Waals surface area contributed by atoms with Crippen LogP contribution in [0, 0.1) is 10.1 Å². The van der Waals surface area contributed by atoms with Gasteiger partial charge in [0.15, 0.2) is 0 Å². The van der Waals surface area contributed by atoms with Crippen molar-refractivity contribution < 1.29 is 14.5 Å². The van der Waals surface area contributed by atoms with E-state index in [0.29, 0.717) is 21.7 Å². The number of aliphatic imine (C=N–C) groups is 1. The van der Waals surface area contributed by atoms with E-state index >= 15 is 0 Å². The van der Waals surface area contributed by atoms with Crippen LogP contribution in [0.3, 0.4) is 0 Å². The molecule has 0 unspecified atom stereocenters. The standard InChI is InChI=1S/C21H16N2O4S/c1-27-21(24)16-8-10-17(11-9-16)22-14-15-7-12-20(19(13-15)23(25)26)28-18-5-3-2-4-6-18/h2-14H,1H3. The summed E-state index contributed by atoms with van der Waals surface area (Å²) in [6.07, 6.45) is 1.55. The molecule has 6 nitrogen and oxygen atoms in total. The Bertz CT molecular complexity index is 1020. The lowest BCUT2D eigenvalue weighted by atomic mass is 10.2. The summed E-state index contributed by atoms with van der Waals surface area (Å²) in [6.45, 7) is 0. The van der Waals surface area contributed by atoms with Crippen molar-refractivity contribution in [3.05, 3.63) is 94.0 Å². The van der Waals surface area contributed by atoms with Crippen LogP contribution in [0.15, 0.2) is 87.6 Å². The van der Waals surface area contributed by atoms with Crippen molar-refractivity contribution in [2.24, 2.45) is 4.99 Å². The van der Waals surface area contributed by atoms with Gasteiger partial charge in [-0.1, -0.05) is 36.0 Å². The Kier molecular flexibility index (Phi) is 6.18. The van der Waals surface area contributed by atoms with Crippen LogP contribution in [0.5, 0.6) is 0 Å². The van der Waals surface area contributed by atoms with Crippen LogP contribution < -0.4 is 0 Å². The second-order valence-electron chi connectivity index (χ2n) is 5.70. The fourth-order valence-electron chi connectivity index (χ4n) is 2.41. The average Bonchev–Trinajstić information content (AvgIpc) is 2.73. The van der Waals surface area contributed by atoms with Gasteiger partial charge >= 0.3 is 5.97 Å². The van der Waals surface area contributed by atoms with Gasteiger partial charge in [0.25, 0.3) is 5.69 Å². The Balaban J connectivity index is 1.81. The van der Waals surface area contributed by atoms with E-state index in [2.05, 4.69) is 9.73 Å². The number of methoxy groups -OCH3 is 1. The third-order valence-corrected chi connectivity index (χ3v) is 4.87. The van der Waals surface area contributed by atoms with Crippen molar-refractivity contribution in [3.8, 4) is 0 Å². The minimum absolute atomic E-state index is 0.0267. The van der Waals surface area contributed by atoms with E-state index in [1.165, 1.54) is 24.9 Å². The van der Waals surface area contributed by atoms with Gasteiger partial charge in [0, 0.05) is 17.2 Å². The van der Waals surface area contributed by atoms with Crippen molar-refractivity contribution in [2.75, 3.05) is 7.11 Å². The fraction of sp³-hybridized carbons (Fsp3) is 0.0476. The summed E-state index contributed by atoms with van der Waals surface area (Å²) in [6, 6.07) is 21.1. The molecular weight excluding hydrogens is 376 g/mol. The highest BCUT2D eigenvalue weighted by Gasteiger charge is 2.15. The van der Waals surface area contributed by atoms with Gasteiger partial charge in [-0.05, 0) is 48.0 Å². The molecular formula is C21H16N2O4S. The van der Waals surface area contributed by atoms with E-state index in [0.717, 1.165) is 4.90 Å². The molecule has 7 heteroatoms. The molecule has 0 aliphatic rings. The molecule has 0 aliphatic heterocycles. The molecule has 0 atom stereocenters. The lowest BCUT2D eigenvalue weighted by molar-refractivity contribution is -0.387. The number of carbonyl (C=O) groups is 1. The molecule has 0 fully saturated rings. The van der Waals surface area contributed by atoms with Crippen molar-refractivity contribution >= 4 is 35.3 Å². The highest BCUT2D eigenvalue weighted by Crippen LogP contribution is 2.35. The van der Waals surface area contributed by atoms with Gasteiger partial charge in [-0.3, -0.25) is 15.1 Å². The zero-order valence-corrected chi connectivity index (χ0v) is 15.8. The number of hydrogen-bond donors (Lipinski definition) is 0.